The lowest BCUT2D eigenvalue weighted by molar-refractivity contribution is -0.143. The molecule has 1 aromatic rings. The average Bonchev–Trinajstić information content (AvgIpc) is 2.88. The molecule has 2 fully saturated rings. The fourth-order valence-corrected chi connectivity index (χ4v) is 3.15. The number of piperazine rings is 1. The average molecular weight is 258 g/mol. The number of amides is 2. The number of anilines is 1. The van der Waals surface area contributed by atoms with Gasteiger partial charge in [-0.1, -0.05) is 18.2 Å². The summed E-state index contributed by atoms with van der Waals surface area (Å²) in [6.45, 7) is 4.52. The first-order valence-corrected chi connectivity index (χ1v) is 6.80. The van der Waals surface area contributed by atoms with Crippen molar-refractivity contribution in [1.29, 1.82) is 0 Å². The number of fused-ring (bicyclic) bond motifs is 1. The van der Waals surface area contributed by atoms with E-state index in [-0.39, 0.29) is 17.9 Å². The molecule has 0 saturated carbocycles. The summed E-state index contributed by atoms with van der Waals surface area (Å²) in [5.41, 5.74) is 1.89. The van der Waals surface area contributed by atoms with Gasteiger partial charge in [0, 0.05) is 12.2 Å². The van der Waals surface area contributed by atoms with Crippen LogP contribution in [0, 0.1) is 6.92 Å². The molecule has 2 atom stereocenters. The third-order valence-electron chi connectivity index (χ3n) is 4.18. The van der Waals surface area contributed by atoms with Crippen molar-refractivity contribution in [3.8, 4) is 0 Å². The second kappa shape index (κ2) is 4.37. The van der Waals surface area contributed by atoms with E-state index in [1.165, 1.54) is 0 Å². The molecule has 2 amide bonds. The zero-order valence-electron chi connectivity index (χ0n) is 11.3. The van der Waals surface area contributed by atoms with Gasteiger partial charge < -0.3 is 4.90 Å². The summed E-state index contributed by atoms with van der Waals surface area (Å²) >= 11 is 0. The Morgan fingerprint density at radius 2 is 1.89 bits per heavy atom. The van der Waals surface area contributed by atoms with E-state index < -0.39 is 6.04 Å². The Bertz CT molecular complexity index is 541. The molecule has 0 aliphatic carbocycles. The van der Waals surface area contributed by atoms with Gasteiger partial charge in [0.1, 0.15) is 12.1 Å². The Balaban J connectivity index is 2.03. The maximum absolute atomic E-state index is 12.6. The SMILES string of the molecule is Cc1ccccc1N1C(=O)C2CCCN2C(=O)C1C. The van der Waals surface area contributed by atoms with E-state index in [0.29, 0.717) is 0 Å². The van der Waals surface area contributed by atoms with Crippen molar-refractivity contribution in [3.05, 3.63) is 29.8 Å². The molecule has 4 heteroatoms. The molecule has 2 aliphatic heterocycles. The summed E-state index contributed by atoms with van der Waals surface area (Å²) in [4.78, 5) is 28.5. The molecule has 0 aromatic heterocycles. The number of hydrogen-bond donors (Lipinski definition) is 0. The van der Waals surface area contributed by atoms with E-state index in [9.17, 15) is 9.59 Å². The van der Waals surface area contributed by atoms with Crippen LogP contribution in [0.25, 0.3) is 0 Å². The van der Waals surface area contributed by atoms with Crippen LogP contribution in [0.5, 0.6) is 0 Å². The van der Waals surface area contributed by atoms with Crippen molar-refractivity contribution in [1.82, 2.24) is 4.90 Å². The Morgan fingerprint density at radius 3 is 2.63 bits per heavy atom. The van der Waals surface area contributed by atoms with E-state index in [1.54, 1.807) is 9.80 Å². The molecule has 3 rings (SSSR count). The van der Waals surface area contributed by atoms with Gasteiger partial charge in [-0.3, -0.25) is 14.5 Å². The standard InChI is InChI=1S/C15H18N2O2/c1-10-6-3-4-7-12(10)17-11(2)14(18)16-9-5-8-13(16)15(17)19/h3-4,6-7,11,13H,5,8-9H2,1-2H3. The fourth-order valence-electron chi connectivity index (χ4n) is 3.15. The minimum atomic E-state index is -0.400. The van der Waals surface area contributed by atoms with Crippen molar-refractivity contribution < 1.29 is 9.59 Å². The van der Waals surface area contributed by atoms with Crippen molar-refractivity contribution in [2.75, 3.05) is 11.4 Å². The van der Waals surface area contributed by atoms with Gasteiger partial charge in [-0.25, -0.2) is 0 Å². The number of hydrogen-bond acceptors (Lipinski definition) is 2. The lowest BCUT2D eigenvalue weighted by Gasteiger charge is -2.41. The predicted molar refractivity (Wildman–Crippen MR) is 72.9 cm³/mol. The molecule has 19 heavy (non-hydrogen) atoms. The summed E-state index contributed by atoms with van der Waals surface area (Å²) in [5.74, 6) is 0.143. The summed E-state index contributed by atoms with van der Waals surface area (Å²) in [6, 6.07) is 7.10. The first-order valence-electron chi connectivity index (χ1n) is 6.80. The number of aryl methyl sites for hydroxylation is 1. The van der Waals surface area contributed by atoms with Gasteiger partial charge in [0.15, 0.2) is 0 Å². The van der Waals surface area contributed by atoms with E-state index in [1.807, 2.05) is 38.1 Å². The first kappa shape index (κ1) is 12.2. The van der Waals surface area contributed by atoms with Crippen molar-refractivity contribution in [2.24, 2.45) is 0 Å². The number of nitrogens with zero attached hydrogens (tertiary/aromatic N) is 2. The van der Waals surface area contributed by atoms with Crippen LogP contribution in [0.3, 0.4) is 0 Å². The molecule has 1 aromatic carbocycles. The normalized spacial score (nSPS) is 26.8. The molecule has 0 spiro atoms. The van der Waals surface area contributed by atoms with Crippen LogP contribution in [0.2, 0.25) is 0 Å². The summed E-state index contributed by atoms with van der Waals surface area (Å²) in [6.07, 6.45) is 1.72. The van der Waals surface area contributed by atoms with Crippen LogP contribution in [0.15, 0.2) is 24.3 Å². The Morgan fingerprint density at radius 1 is 1.16 bits per heavy atom. The minimum absolute atomic E-state index is 0.0684. The molecular weight excluding hydrogens is 240 g/mol. The van der Waals surface area contributed by atoms with Gasteiger partial charge in [-0.15, -0.1) is 0 Å². The maximum atomic E-state index is 12.6. The maximum Gasteiger partial charge on any atom is 0.250 e. The van der Waals surface area contributed by atoms with Gasteiger partial charge in [0.25, 0.3) is 5.91 Å². The number of carbonyl (C=O) groups excluding carboxylic acids is 2. The highest BCUT2D eigenvalue weighted by Crippen LogP contribution is 2.31. The molecule has 2 unspecified atom stereocenters. The van der Waals surface area contributed by atoms with Crippen molar-refractivity contribution in [3.63, 3.8) is 0 Å². The Labute approximate surface area is 113 Å². The molecule has 4 nitrogen and oxygen atoms in total. The number of carbonyl (C=O) groups is 2. The lowest BCUT2D eigenvalue weighted by Crippen LogP contribution is -2.62. The quantitative estimate of drug-likeness (QED) is 0.769. The summed E-state index contributed by atoms with van der Waals surface area (Å²) in [7, 11) is 0. The van der Waals surface area contributed by atoms with Gasteiger partial charge in [-0.05, 0) is 38.3 Å². The third-order valence-corrected chi connectivity index (χ3v) is 4.18. The van der Waals surface area contributed by atoms with Crippen LogP contribution in [0.4, 0.5) is 5.69 Å². The van der Waals surface area contributed by atoms with E-state index >= 15 is 0 Å². The fraction of sp³-hybridized carbons (Fsp3) is 0.467. The van der Waals surface area contributed by atoms with Crippen LogP contribution < -0.4 is 4.90 Å². The Hall–Kier alpha value is -1.84. The van der Waals surface area contributed by atoms with Gasteiger partial charge in [0.2, 0.25) is 5.91 Å². The van der Waals surface area contributed by atoms with Crippen LogP contribution >= 0.6 is 0 Å². The van der Waals surface area contributed by atoms with E-state index in [2.05, 4.69) is 0 Å². The van der Waals surface area contributed by atoms with E-state index in [0.717, 1.165) is 30.6 Å². The largest absolute Gasteiger partial charge is 0.329 e. The Kier molecular flexibility index (Phi) is 2.81. The van der Waals surface area contributed by atoms with Crippen LogP contribution in [-0.4, -0.2) is 35.3 Å². The monoisotopic (exact) mass is 258 g/mol. The van der Waals surface area contributed by atoms with Crippen LogP contribution in [0.1, 0.15) is 25.3 Å². The number of para-hydroxylation sites is 1. The second-order valence-corrected chi connectivity index (χ2v) is 5.36. The van der Waals surface area contributed by atoms with Gasteiger partial charge >= 0.3 is 0 Å². The zero-order valence-corrected chi connectivity index (χ0v) is 11.3. The highest BCUT2D eigenvalue weighted by molar-refractivity contribution is 6.08. The lowest BCUT2D eigenvalue weighted by atomic mass is 10.0. The molecule has 100 valence electrons. The third kappa shape index (κ3) is 1.74. The molecule has 2 heterocycles. The minimum Gasteiger partial charge on any atom is -0.329 e. The topological polar surface area (TPSA) is 40.6 Å². The first-order chi connectivity index (χ1) is 9.11. The number of benzene rings is 1. The summed E-state index contributed by atoms with van der Waals surface area (Å²) < 4.78 is 0. The van der Waals surface area contributed by atoms with E-state index in [4.69, 9.17) is 0 Å². The van der Waals surface area contributed by atoms with Gasteiger partial charge in [0.05, 0.1) is 0 Å². The predicted octanol–water partition coefficient (Wildman–Crippen LogP) is 1.72. The molecular formula is C15H18N2O2. The highest BCUT2D eigenvalue weighted by Gasteiger charge is 2.46. The van der Waals surface area contributed by atoms with Crippen molar-refractivity contribution >= 4 is 17.5 Å². The molecule has 0 N–H and O–H groups in total. The van der Waals surface area contributed by atoms with Gasteiger partial charge in [-0.2, -0.15) is 0 Å². The van der Waals surface area contributed by atoms with Crippen molar-refractivity contribution in [2.45, 2.75) is 38.8 Å². The molecule has 0 radical (unpaired) electrons. The number of rotatable bonds is 1. The highest BCUT2D eigenvalue weighted by atomic mass is 16.2. The van der Waals surface area contributed by atoms with Crippen LogP contribution in [-0.2, 0) is 9.59 Å². The summed E-state index contributed by atoms with van der Waals surface area (Å²) in [5, 5.41) is 0. The zero-order chi connectivity index (χ0) is 13.6. The molecule has 0 bridgehead atoms. The molecule has 2 aliphatic rings. The second-order valence-electron chi connectivity index (χ2n) is 5.36. The smallest absolute Gasteiger partial charge is 0.250 e. The molecule has 2 saturated heterocycles.